The summed E-state index contributed by atoms with van der Waals surface area (Å²) in [6, 6.07) is 8.93. The minimum Gasteiger partial charge on any atom is -0.486 e. The summed E-state index contributed by atoms with van der Waals surface area (Å²) in [5, 5.41) is 12.1. The van der Waals surface area contributed by atoms with E-state index in [4.69, 9.17) is 39.5 Å². The summed E-state index contributed by atoms with van der Waals surface area (Å²) in [5.74, 6) is 0.332. The highest BCUT2D eigenvalue weighted by molar-refractivity contribution is 7.99. The van der Waals surface area contributed by atoms with Crippen molar-refractivity contribution < 1.29 is 13.9 Å². The highest BCUT2D eigenvalue weighted by atomic mass is 35.5. The molecule has 152 valence electrons. The van der Waals surface area contributed by atoms with Gasteiger partial charge >= 0.3 is 0 Å². The molecule has 0 aliphatic rings. The van der Waals surface area contributed by atoms with Gasteiger partial charge in [-0.15, -0.1) is 10.2 Å². The average Bonchev–Trinajstić information content (AvgIpc) is 3.04. The van der Waals surface area contributed by atoms with Crippen molar-refractivity contribution in [2.75, 3.05) is 11.1 Å². The molecule has 2 aromatic carbocycles. The van der Waals surface area contributed by atoms with E-state index in [0.717, 1.165) is 0 Å². The second-order valence-corrected chi connectivity index (χ2v) is 7.95. The first-order chi connectivity index (χ1) is 13.8. The Kier molecular flexibility index (Phi) is 7.23. The van der Waals surface area contributed by atoms with Crippen LogP contribution in [0.4, 0.5) is 10.1 Å². The topological polar surface area (TPSA) is 69.0 Å². The first-order valence-electron chi connectivity index (χ1n) is 8.17. The van der Waals surface area contributed by atoms with Crippen molar-refractivity contribution in [2.24, 2.45) is 7.05 Å². The number of carbonyl (C=O) groups is 1. The lowest BCUT2D eigenvalue weighted by Gasteiger charge is -2.08. The summed E-state index contributed by atoms with van der Waals surface area (Å²) in [5.41, 5.74) is 0.551. The number of aromatic nitrogens is 3. The summed E-state index contributed by atoms with van der Waals surface area (Å²) in [6.45, 7) is 0.113. The Hall–Kier alpha value is -2.00. The van der Waals surface area contributed by atoms with Crippen molar-refractivity contribution in [3.8, 4) is 5.75 Å². The van der Waals surface area contributed by atoms with Crippen molar-refractivity contribution >= 4 is 58.2 Å². The molecule has 1 heterocycles. The monoisotopic (exact) mass is 474 g/mol. The van der Waals surface area contributed by atoms with Crippen LogP contribution in [0, 0.1) is 5.82 Å². The molecule has 6 nitrogen and oxygen atoms in total. The van der Waals surface area contributed by atoms with Gasteiger partial charge in [0, 0.05) is 18.8 Å². The number of nitrogens with zero attached hydrogens (tertiary/aromatic N) is 3. The molecule has 1 N–H and O–H groups in total. The minimum absolute atomic E-state index is 0.0234. The van der Waals surface area contributed by atoms with Gasteiger partial charge in [0.1, 0.15) is 18.2 Å². The molecule has 3 rings (SSSR count). The molecule has 29 heavy (non-hydrogen) atoms. The van der Waals surface area contributed by atoms with E-state index in [0.29, 0.717) is 32.5 Å². The number of ether oxygens (including phenoxy) is 1. The summed E-state index contributed by atoms with van der Waals surface area (Å²) < 4.78 is 20.5. The van der Waals surface area contributed by atoms with Gasteiger partial charge in [-0.1, -0.05) is 46.6 Å². The fourth-order valence-electron chi connectivity index (χ4n) is 2.21. The molecule has 0 spiro atoms. The van der Waals surface area contributed by atoms with Gasteiger partial charge in [-0.05, 0) is 30.3 Å². The summed E-state index contributed by atoms with van der Waals surface area (Å²) in [7, 11) is 1.76. The van der Waals surface area contributed by atoms with Crippen molar-refractivity contribution in [1.82, 2.24) is 14.8 Å². The van der Waals surface area contributed by atoms with Gasteiger partial charge in [-0.2, -0.15) is 0 Å². The van der Waals surface area contributed by atoms with E-state index in [1.165, 1.54) is 30.0 Å². The zero-order valence-electron chi connectivity index (χ0n) is 15.0. The average molecular weight is 476 g/mol. The Morgan fingerprint density at radius 1 is 1.14 bits per heavy atom. The van der Waals surface area contributed by atoms with Gasteiger partial charge in [-0.25, -0.2) is 4.39 Å². The van der Waals surface area contributed by atoms with Crippen LogP contribution in [-0.4, -0.2) is 26.4 Å². The van der Waals surface area contributed by atoms with Crippen molar-refractivity contribution in [2.45, 2.75) is 11.8 Å². The van der Waals surface area contributed by atoms with Crippen molar-refractivity contribution in [3.05, 3.63) is 63.1 Å². The molecule has 3 aromatic rings. The van der Waals surface area contributed by atoms with Crippen LogP contribution < -0.4 is 10.1 Å². The molecule has 11 heteroatoms. The van der Waals surface area contributed by atoms with E-state index in [1.807, 2.05) is 0 Å². The van der Waals surface area contributed by atoms with Crippen LogP contribution in [0.3, 0.4) is 0 Å². The Bertz CT molecular complexity index is 1050. The molecule has 0 bridgehead atoms. The molecular formula is C18H14Cl3FN4O2S. The Morgan fingerprint density at radius 3 is 2.66 bits per heavy atom. The molecule has 1 amide bonds. The second kappa shape index (κ2) is 9.67. The normalized spacial score (nSPS) is 10.8. The van der Waals surface area contributed by atoms with E-state index in [-0.39, 0.29) is 23.3 Å². The predicted octanol–water partition coefficient (Wildman–Crippen LogP) is 5.22. The molecule has 1 aromatic heterocycles. The zero-order chi connectivity index (χ0) is 21.0. The lowest BCUT2D eigenvalue weighted by Crippen LogP contribution is -2.14. The molecule has 0 fully saturated rings. The predicted molar refractivity (Wildman–Crippen MR) is 113 cm³/mol. The maximum Gasteiger partial charge on any atom is 0.234 e. The molecule has 0 saturated heterocycles. The fraction of sp³-hybridized carbons (Fsp3) is 0.167. The number of nitrogens with one attached hydrogen (secondary N) is 1. The number of hydrogen-bond acceptors (Lipinski definition) is 5. The number of amides is 1. The van der Waals surface area contributed by atoms with E-state index in [9.17, 15) is 9.18 Å². The number of thioether (sulfide) groups is 1. The van der Waals surface area contributed by atoms with Crippen LogP contribution in [0.5, 0.6) is 5.75 Å². The van der Waals surface area contributed by atoms with Crippen LogP contribution in [-0.2, 0) is 18.4 Å². The number of hydrogen-bond donors (Lipinski definition) is 1. The Balaban J connectivity index is 1.54. The largest absolute Gasteiger partial charge is 0.486 e. The van der Waals surface area contributed by atoms with Gasteiger partial charge < -0.3 is 14.6 Å². The van der Waals surface area contributed by atoms with Crippen LogP contribution in [0.25, 0.3) is 0 Å². The van der Waals surface area contributed by atoms with Crippen molar-refractivity contribution in [1.29, 1.82) is 0 Å². The maximum absolute atomic E-state index is 13.2. The first-order valence-corrected chi connectivity index (χ1v) is 10.3. The van der Waals surface area contributed by atoms with Gasteiger partial charge in [0.15, 0.2) is 11.0 Å². The third-order valence-electron chi connectivity index (χ3n) is 3.72. The quantitative estimate of drug-likeness (QED) is 0.474. The summed E-state index contributed by atoms with van der Waals surface area (Å²) >= 11 is 18.7. The van der Waals surface area contributed by atoms with Crippen LogP contribution >= 0.6 is 46.6 Å². The third kappa shape index (κ3) is 5.76. The van der Waals surface area contributed by atoms with Gasteiger partial charge in [0.05, 0.1) is 20.8 Å². The number of benzene rings is 2. The zero-order valence-corrected chi connectivity index (χ0v) is 18.0. The SMILES string of the molecule is Cn1c(COc2ccc(F)c(Cl)c2)nnc1SCC(=O)Nc1ccc(Cl)c(Cl)c1. The Labute approximate surface area is 185 Å². The second-order valence-electron chi connectivity index (χ2n) is 5.79. The highest BCUT2D eigenvalue weighted by Gasteiger charge is 2.13. The maximum atomic E-state index is 13.2. The number of halogens is 4. The lowest BCUT2D eigenvalue weighted by atomic mass is 10.3. The fourth-order valence-corrected chi connectivity index (χ4v) is 3.41. The van der Waals surface area contributed by atoms with Gasteiger partial charge in [0.25, 0.3) is 0 Å². The molecule has 0 atom stereocenters. The van der Waals surface area contributed by atoms with E-state index in [1.54, 1.807) is 29.8 Å². The van der Waals surface area contributed by atoms with Crippen LogP contribution in [0.2, 0.25) is 15.1 Å². The summed E-state index contributed by atoms with van der Waals surface area (Å²) in [4.78, 5) is 12.1. The van der Waals surface area contributed by atoms with E-state index in [2.05, 4.69) is 15.5 Å². The van der Waals surface area contributed by atoms with Gasteiger partial charge in [-0.3, -0.25) is 4.79 Å². The Morgan fingerprint density at radius 2 is 1.93 bits per heavy atom. The number of rotatable bonds is 7. The lowest BCUT2D eigenvalue weighted by molar-refractivity contribution is -0.113. The number of carbonyl (C=O) groups excluding carboxylic acids is 1. The van der Waals surface area contributed by atoms with E-state index >= 15 is 0 Å². The summed E-state index contributed by atoms with van der Waals surface area (Å²) in [6.07, 6.45) is 0. The molecular weight excluding hydrogens is 462 g/mol. The molecule has 0 unspecified atom stereocenters. The van der Waals surface area contributed by atoms with Gasteiger partial charge in [0.2, 0.25) is 5.91 Å². The third-order valence-corrected chi connectivity index (χ3v) is 5.77. The first kappa shape index (κ1) is 21.7. The standard InChI is InChI=1S/C18H14Cl3FN4O2S/c1-26-16(8-28-11-3-5-15(22)14(21)7-11)24-25-18(26)29-9-17(27)23-10-2-4-12(19)13(20)6-10/h2-7H,8-9H2,1H3,(H,23,27). The van der Waals surface area contributed by atoms with Crippen molar-refractivity contribution in [3.63, 3.8) is 0 Å². The molecule has 0 radical (unpaired) electrons. The molecule has 0 aliphatic heterocycles. The minimum atomic E-state index is -0.518. The van der Waals surface area contributed by atoms with Crippen LogP contribution in [0.1, 0.15) is 5.82 Å². The smallest absolute Gasteiger partial charge is 0.234 e. The highest BCUT2D eigenvalue weighted by Crippen LogP contribution is 2.26. The molecule has 0 saturated carbocycles. The van der Waals surface area contributed by atoms with E-state index < -0.39 is 5.82 Å². The molecule has 0 aliphatic carbocycles. The van der Waals surface area contributed by atoms with Crippen LogP contribution in [0.15, 0.2) is 41.6 Å². The number of anilines is 1.